The summed E-state index contributed by atoms with van der Waals surface area (Å²) in [4.78, 5) is 24.5. The Hall–Kier alpha value is -2.94. The molecule has 0 aliphatic carbocycles. The van der Waals surface area contributed by atoms with E-state index in [1.165, 1.54) is 31.4 Å². The van der Waals surface area contributed by atoms with Crippen LogP contribution in [0.1, 0.15) is 23.7 Å². The molecular weight excluding hydrogens is 387 g/mol. The number of ether oxygens (including phenoxy) is 1. The van der Waals surface area contributed by atoms with Crippen LogP contribution in [0.15, 0.2) is 48.5 Å². The first-order chi connectivity index (χ1) is 13.2. The van der Waals surface area contributed by atoms with Gasteiger partial charge >= 0.3 is 5.97 Å². The number of amides is 1. The van der Waals surface area contributed by atoms with Gasteiger partial charge in [-0.05, 0) is 48.9 Å². The molecule has 28 heavy (non-hydrogen) atoms. The Labute approximate surface area is 163 Å². The van der Waals surface area contributed by atoms with Crippen molar-refractivity contribution in [1.82, 2.24) is 0 Å². The molecule has 1 unspecified atom stereocenters. The number of esters is 1. The van der Waals surface area contributed by atoms with Crippen molar-refractivity contribution in [3.05, 3.63) is 59.9 Å². The molecule has 0 aliphatic heterocycles. The Balaban J connectivity index is 2.34. The fourth-order valence-electron chi connectivity index (χ4n) is 2.72. The zero-order valence-corrected chi connectivity index (χ0v) is 16.5. The average molecular weight is 408 g/mol. The van der Waals surface area contributed by atoms with E-state index in [0.717, 1.165) is 22.7 Å². The fourth-order valence-corrected chi connectivity index (χ4v) is 3.93. The second-order valence-electron chi connectivity index (χ2n) is 6.02. The average Bonchev–Trinajstić information content (AvgIpc) is 2.65. The van der Waals surface area contributed by atoms with Gasteiger partial charge in [-0.2, -0.15) is 0 Å². The predicted octanol–water partition coefficient (Wildman–Crippen LogP) is 2.80. The number of rotatable bonds is 7. The third kappa shape index (κ3) is 5.07. The number of benzene rings is 2. The highest BCUT2D eigenvalue weighted by atomic mass is 32.2. The van der Waals surface area contributed by atoms with Crippen molar-refractivity contribution in [3.8, 4) is 0 Å². The molecule has 1 N–H and O–H groups in total. The highest BCUT2D eigenvalue weighted by molar-refractivity contribution is 7.92. The quantitative estimate of drug-likeness (QED) is 0.711. The SMILES string of the molecule is CCC(C(=O)Nc1cccc(C(=O)OC)c1)N(c1ccc(F)cc1)S(C)(=O)=O. The number of hydrogen-bond acceptors (Lipinski definition) is 5. The van der Waals surface area contributed by atoms with Crippen molar-refractivity contribution in [2.45, 2.75) is 19.4 Å². The van der Waals surface area contributed by atoms with Gasteiger partial charge in [0, 0.05) is 5.69 Å². The minimum Gasteiger partial charge on any atom is -0.465 e. The zero-order chi connectivity index (χ0) is 20.9. The fraction of sp³-hybridized carbons (Fsp3) is 0.263. The van der Waals surface area contributed by atoms with Crippen molar-refractivity contribution in [2.75, 3.05) is 23.0 Å². The molecule has 0 radical (unpaired) electrons. The summed E-state index contributed by atoms with van der Waals surface area (Å²) in [7, 11) is -2.59. The lowest BCUT2D eigenvalue weighted by atomic mass is 10.1. The lowest BCUT2D eigenvalue weighted by Crippen LogP contribution is -2.47. The van der Waals surface area contributed by atoms with Gasteiger partial charge in [-0.15, -0.1) is 0 Å². The number of nitrogens with zero attached hydrogens (tertiary/aromatic N) is 1. The third-order valence-electron chi connectivity index (χ3n) is 3.96. The summed E-state index contributed by atoms with van der Waals surface area (Å²) in [6, 6.07) is 9.86. The highest BCUT2D eigenvalue weighted by Gasteiger charge is 2.31. The first-order valence-corrected chi connectivity index (χ1v) is 10.3. The van der Waals surface area contributed by atoms with E-state index in [0.29, 0.717) is 5.69 Å². The number of anilines is 2. The molecule has 2 aromatic carbocycles. The van der Waals surface area contributed by atoms with Crippen molar-refractivity contribution < 1.29 is 27.1 Å². The summed E-state index contributed by atoms with van der Waals surface area (Å²) in [6.07, 6.45) is 1.15. The van der Waals surface area contributed by atoms with Crippen molar-refractivity contribution in [3.63, 3.8) is 0 Å². The van der Waals surface area contributed by atoms with E-state index >= 15 is 0 Å². The second kappa shape index (κ2) is 8.83. The molecule has 0 heterocycles. The van der Waals surface area contributed by atoms with Crippen LogP contribution in [0.25, 0.3) is 0 Å². The molecule has 0 saturated carbocycles. The van der Waals surface area contributed by atoms with Gasteiger partial charge in [-0.25, -0.2) is 17.6 Å². The van der Waals surface area contributed by atoms with Gasteiger partial charge in [0.15, 0.2) is 0 Å². The molecule has 1 amide bonds. The first-order valence-electron chi connectivity index (χ1n) is 8.41. The number of carbonyl (C=O) groups is 2. The monoisotopic (exact) mass is 408 g/mol. The van der Waals surface area contributed by atoms with Crippen LogP contribution in [-0.2, 0) is 19.6 Å². The maximum absolute atomic E-state index is 13.2. The van der Waals surface area contributed by atoms with Crippen LogP contribution in [0.3, 0.4) is 0 Å². The summed E-state index contributed by atoms with van der Waals surface area (Å²) in [6.45, 7) is 1.66. The van der Waals surface area contributed by atoms with Crippen LogP contribution >= 0.6 is 0 Å². The molecule has 2 aromatic rings. The van der Waals surface area contributed by atoms with E-state index in [9.17, 15) is 22.4 Å². The molecule has 0 saturated heterocycles. The second-order valence-corrected chi connectivity index (χ2v) is 7.88. The Morgan fingerprint density at radius 1 is 1.18 bits per heavy atom. The van der Waals surface area contributed by atoms with Gasteiger partial charge in [-0.1, -0.05) is 13.0 Å². The molecule has 0 aromatic heterocycles. The van der Waals surface area contributed by atoms with E-state index in [4.69, 9.17) is 0 Å². The Morgan fingerprint density at radius 3 is 2.36 bits per heavy atom. The van der Waals surface area contributed by atoms with Crippen LogP contribution in [0.5, 0.6) is 0 Å². The largest absolute Gasteiger partial charge is 0.465 e. The summed E-state index contributed by atoms with van der Waals surface area (Å²) in [5, 5.41) is 2.62. The van der Waals surface area contributed by atoms with Gasteiger partial charge in [-0.3, -0.25) is 9.10 Å². The van der Waals surface area contributed by atoms with Crippen LogP contribution < -0.4 is 9.62 Å². The molecule has 0 spiro atoms. The van der Waals surface area contributed by atoms with Crippen molar-refractivity contribution in [2.24, 2.45) is 0 Å². The number of nitrogens with one attached hydrogen (secondary N) is 1. The number of sulfonamides is 1. The van der Waals surface area contributed by atoms with Gasteiger partial charge in [0.2, 0.25) is 15.9 Å². The standard InChI is InChI=1S/C19H21FN2O5S/c1-4-17(22(28(3,25)26)16-10-8-14(20)9-11-16)18(23)21-15-7-5-6-13(12-15)19(24)27-2/h5-12,17H,4H2,1-3H3,(H,21,23). The van der Waals surface area contributed by atoms with E-state index in [1.54, 1.807) is 19.1 Å². The minimum absolute atomic E-state index is 0.174. The summed E-state index contributed by atoms with van der Waals surface area (Å²) < 4.78 is 43.5. The number of hydrogen-bond donors (Lipinski definition) is 1. The number of methoxy groups -OCH3 is 1. The van der Waals surface area contributed by atoms with E-state index < -0.39 is 33.8 Å². The molecule has 0 bridgehead atoms. The minimum atomic E-state index is -3.83. The van der Waals surface area contributed by atoms with Gasteiger partial charge in [0.25, 0.3) is 0 Å². The van der Waals surface area contributed by atoms with E-state index in [2.05, 4.69) is 10.1 Å². The molecule has 2 rings (SSSR count). The van der Waals surface area contributed by atoms with Gasteiger partial charge in [0.1, 0.15) is 11.9 Å². The molecule has 1 atom stereocenters. The molecule has 7 nitrogen and oxygen atoms in total. The maximum atomic E-state index is 13.2. The Morgan fingerprint density at radius 2 is 1.82 bits per heavy atom. The van der Waals surface area contributed by atoms with Crippen molar-refractivity contribution >= 4 is 33.3 Å². The number of carbonyl (C=O) groups excluding carboxylic acids is 2. The topological polar surface area (TPSA) is 92.8 Å². The molecular formula is C19H21FN2O5S. The van der Waals surface area contributed by atoms with E-state index in [1.807, 2.05) is 0 Å². The first kappa shape index (κ1) is 21.4. The zero-order valence-electron chi connectivity index (χ0n) is 15.7. The predicted molar refractivity (Wildman–Crippen MR) is 104 cm³/mol. The van der Waals surface area contributed by atoms with Crippen LogP contribution in [-0.4, -0.2) is 39.7 Å². The normalized spacial score (nSPS) is 12.1. The molecule has 0 aliphatic rings. The van der Waals surface area contributed by atoms with Gasteiger partial charge < -0.3 is 10.1 Å². The third-order valence-corrected chi connectivity index (χ3v) is 5.14. The summed E-state index contributed by atoms with van der Waals surface area (Å²) in [5.41, 5.74) is 0.736. The molecule has 0 fully saturated rings. The number of halogens is 1. The van der Waals surface area contributed by atoms with Crippen LogP contribution in [0.4, 0.5) is 15.8 Å². The summed E-state index contributed by atoms with van der Waals surface area (Å²) in [5.74, 6) is -1.67. The Bertz CT molecular complexity index is 961. The van der Waals surface area contributed by atoms with Crippen LogP contribution in [0.2, 0.25) is 0 Å². The van der Waals surface area contributed by atoms with E-state index in [-0.39, 0.29) is 17.7 Å². The highest BCUT2D eigenvalue weighted by Crippen LogP contribution is 2.24. The van der Waals surface area contributed by atoms with Gasteiger partial charge in [0.05, 0.1) is 24.6 Å². The van der Waals surface area contributed by atoms with Crippen LogP contribution in [0, 0.1) is 5.82 Å². The van der Waals surface area contributed by atoms with Crippen molar-refractivity contribution in [1.29, 1.82) is 0 Å². The molecule has 9 heteroatoms. The lowest BCUT2D eigenvalue weighted by Gasteiger charge is -2.30. The Kier molecular flexibility index (Phi) is 6.74. The molecule has 150 valence electrons. The maximum Gasteiger partial charge on any atom is 0.337 e. The lowest BCUT2D eigenvalue weighted by molar-refractivity contribution is -0.117. The smallest absolute Gasteiger partial charge is 0.337 e. The summed E-state index contributed by atoms with van der Waals surface area (Å²) >= 11 is 0.